The second kappa shape index (κ2) is 5.59. The molecule has 0 radical (unpaired) electrons. The van der Waals surface area contributed by atoms with E-state index in [1.165, 1.54) is 0 Å². The van der Waals surface area contributed by atoms with Crippen LogP contribution in [-0.4, -0.2) is 38.2 Å². The zero-order valence-electron chi connectivity index (χ0n) is 12.9. The molecule has 0 aliphatic carbocycles. The number of rotatable bonds is 3. The fraction of sp³-hybridized carbons (Fsp3) is 0.500. The van der Waals surface area contributed by atoms with Gasteiger partial charge in [-0.2, -0.15) is 13.2 Å². The van der Waals surface area contributed by atoms with Gasteiger partial charge in [-0.05, 0) is 19.9 Å². The molecule has 10 heteroatoms. The smallest absolute Gasteiger partial charge is 0.384 e. The molecule has 6 nitrogen and oxygen atoms in total. The number of hydrogen-bond donors (Lipinski definition) is 1. The lowest BCUT2D eigenvalue weighted by molar-refractivity contribution is -0.137. The van der Waals surface area contributed by atoms with Crippen LogP contribution in [-0.2, 0) is 11.8 Å². The summed E-state index contributed by atoms with van der Waals surface area (Å²) in [5.41, 5.74) is -1.51. The quantitative estimate of drug-likeness (QED) is 0.910. The number of hydrogen-bond acceptors (Lipinski definition) is 5. The van der Waals surface area contributed by atoms with Crippen LogP contribution in [0.25, 0.3) is 0 Å². The highest BCUT2D eigenvalue weighted by Gasteiger charge is 2.35. The Morgan fingerprint density at radius 3 is 2.46 bits per heavy atom. The molecule has 1 fully saturated rings. The van der Waals surface area contributed by atoms with Crippen molar-refractivity contribution in [1.82, 2.24) is 20.0 Å². The maximum Gasteiger partial charge on any atom is 0.417 e. The van der Waals surface area contributed by atoms with Gasteiger partial charge in [0.05, 0.1) is 22.8 Å². The van der Waals surface area contributed by atoms with Crippen LogP contribution >= 0.6 is 11.6 Å². The summed E-state index contributed by atoms with van der Waals surface area (Å²) in [6.07, 6.45) is -2.04. The molecule has 24 heavy (non-hydrogen) atoms. The van der Waals surface area contributed by atoms with Gasteiger partial charge in [-0.1, -0.05) is 16.8 Å². The monoisotopic (exact) mass is 361 g/mol. The normalized spacial score (nSPS) is 16.4. The Kier molecular flexibility index (Phi) is 3.95. The Labute approximate surface area is 140 Å². The molecule has 130 valence electrons. The fourth-order valence-electron chi connectivity index (χ4n) is 2.35. The summed E-state index contributed by atoms with van der Waals surface area (Å²) >= 11 is 5.93. The summed E-state index contributed by atoms with van der Waals surface area (Å²) < 4.78 is 39.5. The zero-order chi connectivity index (χ0) is 17.7. The van der Waals surface area contributed by atoms with Crippen molar-refractivity contribution in [1.29, 1.82) is 0 Å². The summed E-state index contributed by atoms with van der Waals surface area (Å²) in [7, 11) is 0. The van der Waals surface area contributed by atoms with Gasteiger partial charge in [0, 0.05) is 19.3 Å². The van der Waals surface area contributed by atoms with Crippen molar-refractivity contribution >= 4 is 17.4 Å². The number of alkyl halides is 3. The van der Waals surface area contributed by atoms with Crippen molar-refractivity contribution in [2.75, 3.05) is 18.0 Å². The predicted octanol–water partition coefficient (Wildman–Crippen LogP) is 2.63. The van der Waals surface area contributed by atoms with Gasteiger partial charge in [-0.25, -0.2) is 9.67 Å². The molecule has 1 aliphatic rings. The lowest BCUT2D eigenvalue weighted by Crippen LogP contribution is -2.48. The van der Waals surface area contributed by atoms with Crippen LogP contribution in [0.15, 0.2) is 18.5 Å². The third kappa shape index (κ3) is 3.18. The molecule has 3 rings (SSSR count). The fourth-order valence-corrected chi connectivity index (χ4v) is 2.64. The van der Waals surface area contributed by atoms with Crippen LogP contribution in [0.4, 0.5) is 19.0 Å². The second-order valence-corrected chi connectivity index (χ2v) is 6.64. The highest BCUT2D eigenvalue weighted by atomic mass is 35.5. The number of halogens is 4. The Morgan fingerprint density at radius 2 is 1.96 bits per heavy atom. The molecule has 0 bridgehead atoms. The van der Waals surface area contributed by atoms with Crippen LogP contribution in [0.2, 0.25) is 5.02 Å². The third-order valence-corrected chi connectivity index (χ3v) is 4.10. The minimum Gasteiger partial charge on any atom is -0.384 e. The van der Waals surface area contributed by atoms with E-state index in [1.807, 2.05) is 0 Å². The predicted molar refractivity (Wildman–Crippen MR) is 80.8 cm³/mol. The van der Waals surface area contributed by atoms with Gasteiger partial charge in [0.1, 0.15) is 17.1 Å². The average molecular weight is 362 g/mol. The second-order valence-electron chi connectivity index (χ2n) is 6.23. The van der Waals surface area contributed by atoms with Gasteiger partial charge in [-0.3, -0.25) is 0 Å². The van der Waals surface area contributed by atoms with E-state index in [4.69, 9.17) is 11.6 Å². The summed E-state index contributed by atoms with van der Waals surface area (Å²) in [5, 5.41) is 17.7. The summed E-state index contributed by atoms with van der Waals surface area (Å²) in [5.74, 6) is 0.309. The summed E-state index contributed by atoms with van der Waals surface area (Å²) in [4.78, 5) is 5.59. The minimum absolute atomic E-state index is 0.00578. The summed E-state index contributed by atoms with van der Waals surface area (Å²) in [6.45, 7) is 4.21. The molecule has 0 atom stereocenters. The van der Waals surface area contributed by atoms with Gasteiger partial charge < -0.3 is 10.0 Å². The van der Waals surface area contributed by atoms with Gasteiger partial charge in [0.25, 0.3) is 0 Å². The largest absolute Gasteiger partial charge is 0.417 e. The van der Waals surface area contributed by atoms with Crippen LogP contribution < -0.4 is 4.90 Å². The number of anilines is 1. The van der Waals surface area contributed by atoms with E-state index >= 15 is 0 Å². The highest BCUT2D eigenvalue weighted by molar-refractivity contribution is 6.33. The first kappa shape index (κ1) is 17.0. The van der Waals surface area contributed by atoms with Gasteiger partial charge in [-0.15, -0.1) is 5.10 Å². The standard InChI is InChI=1S/C14H15ClF3N5O/c1-13(2,24)11-7-23(21-20-11)9-5-22(6-9)12-10(15)3-8(4-19-12)14(16,17)18/h3-4,7,9,24H,5-6H2,1-2H3. The lowest BCUT2D eigenvalue weighted by atomic mass is 10.1. The molecule has 3 heterocycles. The van der Waals surface area contributed by atoms with Crippen LogP contribution in [0.1, 0.15) is 31.1 Å². The molecule has 2 aromatic heterocycles. The maximum atomic E-state index is 12.6. The van der Waals surface area contributed by atoms with Crippen molar-refractivity contribution in [2.45, 2.75) is 31.7 Å². The molecular weight excluding hydrogens is 347 g/mol. The molecule has 0 aromatic carbocycles. The SMILES string of the molecule is CC(C)(O)c1cn(C2CN(c3ncc(C(F)(F)F)cc3Cl)C2)nn1. The van der Waals surface area contributed by atoms with E-state index in [9.17, 15) is 18.3 Å². The average Bonchev–Trinajstić information content (AvgIpc) is 2.87. The first-order valence-electron chi connectivity index (χ1n) is 7.18. The molecule has 0 unspecified atom stereocenters. The number of aromatic nitrogens is 4. The molecule has 0 spiro atoms. The third-order valence-electron chi connectivity index (χ3n) is 3.82. The summed E-state index contributed by atoms with van der Waals surface area (Å²) in [6, 6.07) is 0.868. The van der Waals surface area contributed by atoms with Crippen LogP contribution in [0, 0.1) is 0 Å². The molecule has 1 aliphatic heterocycles. The van der Waals surface area contributed by atoms with Crippen molar-refractivity contribution in [2.24, 2.45) is 0 Å². The molecule has 1 N–H and O–H groups in total. The van der Waals surface area contributed by atoms with Crippen molar-refractivity contribution in [3.05, 3.63) is 34.7 Å². The molecule has 0 saturated carbocycles. The van der Waals surface area contributed by atoms with Gasteiger partial charge in [0.2, 0.25) is 0 Å². The van der Waals surface area contributed by atoms with Crippen LogP contribution in [0.5, 0.6) is 0 Å². The van der Waals surface area contributed by atoms with E-state index in [-0.39, 0.29) is 11.1 Å². The number of pyridine rings is 1. The molecule has 2 aromatic rings. The minimum atomic E-state index is -4.47. The van der Waals surface area contributed by atoms with E-state index in [0.29, 0.717) is 24.6 Å². The van der Waals surface area contributed by atoms with Gasteiger partial charge in [0.15, 0.2) is 0 Å². The maximum absolute atomic E-state index is 12.6. The molecular formula is C14H15ClF3N5O. The van der Waals surface area contributed by atoms with E-state index in [0.717, 1.165) is 12.3 Å². The molecule has 0 amide bonds. The Balaban J connectivity index is 1.70. The Morgan fingerprint density at radius 1 is 1.29 bits per heavy atom. The first-order chi connectivity index (χ1) is 11.1. The number of aliphatic hydroxyl groups is 1. The Hall–Kier alpha value is -1.87. The first-order valence-corrected chi connectivity index (χ1v) is 7.56. The zero-order valence-corrected chi connectivity index (χ0v) is 13.7. The topological polar surface area (TPSA) is 67.1 Å². The van der Waals surface area contributed by atoms with E-state index in [2.05, 4.69) is 15.3 Å². The van der Waals surface area contributed by atoms with Crippen molar-refractivity contribution in [3.8, 4) is 0 Å². The lowest BCUT2D eigenvalue weighted by Gasteiger charge is -2.40. The highest BCUT2D eigenvalue weighted by Crippen LogP contribution is 2.36. The number of nitrogens with zero attached hydrogens (tertiary/aromatic N) is 5. The van der Waals surface area contributed by atoms with Gasteiger partial charge >= 0.3 is 6.18 Å². The van der Waals surface area contributed by atoms with Crippen molar-refractivity contribution in [3.63, 3.8) is 0 Å². The Bertz CT molecular complexity index is 750. The van der Waals surface area contributed by atoms with E-state index in [1.54, 1.807) is 29.6 Å². The molecule has 1 saturated heterocycles. The van der Waals surface area contributed by atoms with Crippen molar-refractivity contribution < 1.29 is 18.3 Å². The van der Waals surface area contributed by atoms with E-state index < -0.39 is 17.3 Å². The van der Waals surface area contributed by atoms with Crippen LogP contribution in [0.3, 0.4) is 0 Å².